The molecule has 2 aromatic carbocycles. The fourth-order valence-corrected chi connectivity index (χ4v) is 2.25. The van der Waals surface area contributed by atoms with Crippen LogP contribution in [0.1, 0.15) is 5.56 Å². The maximum absolute atomic E-state index is 12.1. The molecule has 0 aliphatic rings. The number of ether oxygens (including phenoxy) is 1. The molecule has 0 aliphatic carbocycles. The molecule has 0 bridgehead atoms. The number of H-pyrrole nitrogens is 1. The van der Waals surface area contributed by atoms with Crippen molar-refractivity contribution in [3.63, 3.8) is 0 Å². The number of benzene rings is 2. The summed E-state index contributed by atoms with van der Waals surface area (Å²) < 4.78 is 5.49. The molecule has 0 unspecified atom stereocenters. The first-order chi connectivity index (χ1) is 10.1. The molecule has 0 saturated carbocycles. The first-order valence-corrected chi connectivity index (χ1v) is 6.72. The zero-order valence-electron chi connectivity index (χ0n) is 11.2. The number of aryl methyl sites for hydroxylation is 1. The minimum Gasteiger partial charge on any atom is -0.504 e. The van der Waals surface area contributed by atoms with Gasteiger partial charge >= 0.3 is 0 Å². The highest BCUT2D eigenvalue weighted by atomic mass is 35.5. The molecule has 0 atom stereocenters. The van der Waals surface area contributed by atoms with Gasteiger partial charge in [-0.05, 0) is 36.8 Å². The first kappa shape index (κ1) is 13.5. The van der Waals surface area contributed by atoms with E-state index in [9.17, 15) is 9.90 Å². The maximum Gasteiger partial charge on any atom is 0.295 e. The Balaban J connectivity index is 2.20. The molecule has 0 aliphatic heterocycles. The number of halogens is 1. The van der Waals surface area contributed by atoms with Gasteiger partial charge in [-0.25, -0.2) is 0 Å². The fraction of sp³-hybridized carbons (Fsp3) is 0.0625. The predicted octanol–water partition coefficient (Wildman–Crippen LogP) is 3.99. The van der Waals surface area contributed by atoms with E-state index < -0.39 is 5.56 Å². The molecule has 21 heavy (non-hydrogen) atoms. The van der Waals surface area contributed by atoms with E-state index in [0.29, 0.717) is 21.7 Å². The van der Waals surface area contributed by atoms with Crippen LogP contribution in [0.4, 0.5) is 0 Å². The predicted molar refractivity (Wildman–Crippen MR) is 82.5 cm³/mol. The van der Waals surface area contributed by atoms with Gasteiger partial charge in [0.15, 0.2) is 5.75 Å². The summed E-state index contributed by atoms with van der Waals surface area (Å²) in [4.78, 5) is 14.7. The molecular weight excluding hydrogens is 290 g/mol. The van der Waals surface area contributed by atoms with E-state index >= 15 is 0 Å². The normalized spacial score (nSPS) is 10.8. The van der Waals surface area contributed by atoms with Gasteiger partial charge in [0, 0.05) is 10.4 Å². The minimum absolute atomic E-state index is 0.129. The van der Waals surface area contributed by atoms with E-state index in [1.165, 1.54) is 0 Å². The average molecular weight is 302 g/mol. The van der Waals surface area contributed by atoms with Gasteiger partial charge in [0.1, 0.15) is 5.75 Å². The van der Waals surface area contributed by atoms with Crippen LogP contribution in [-0.2, 0) is 0 Å². The van der Waals surface area contributed by atoms with Crippen LogP contribution in [0, 0.1) is 6.92 Å². The van der Waals surface area contributed by atoms with Crippen LogP contribution in [0.25, 0.3) is 10.9 Å². The van der Waals surface area contributed by atoms with Gasteiger partial charge in [0.2, 0.25) is 5.75 Å². The lowest BCUT2D eigenvalue weighted by Crippen LogP contribution is -2.09. The maximum atomic E-state index is 12.1. The van der Waals surface area contributed by atoms with Crippen molar-refractivity contribution in [3.8, 4) is 17.2 Å². The lowest BCUT2D eigenvalue weighted by Gasteiger charge is -2.10. The SMILES string of the molecule is Cc1cc2c(O)c(Oc3ccccc3)c(=O)[nH]c2cc1Cl. The van der Waals surface area contributed by atoms with Crippen LogP contribution < -0.4 is 10.3 Å². The van der Waals surface area contributed by atoms with Crippen molar-refractivity contribution >= 4 is 22.5 Å². The number of aromatic amines is 1. The van der Waals surface area contributed by atoms with Gasteiger partial charge in [-0.2, -0.15) is 0 Å². The standard InChI is InChI=1S/C16H12ClNO3/c1-9-7-11-13(8-12(9)17)18-16(20)15(14(11)19)21-10-5-3-2-4-6-10/h2-8H,1H3,(H2,18,19,20). The summed E-state index contributed by atoms with van der Waals surface area (Å²) in [5.74, 6) is 0.149. The number of fused-ring (bicyclic) bond motifs is 1. The Hall–Kier alpha value is -2.46. The topological polar surface area (TPSA) is 62.3 Å². The van der Waals surface area contributed by atoms with Gasteiger partial charge in [-0.15, -0.1) is 0 Å². The number of aromatic hydroxyl groups is 1. The highest BCUT2D eigenvalue weighted by molar-refractivity contribution is 6.32. The van der Waals surface area contributed by atoms with E-state index in [1.54, 1.807) is 36.4 Å². The molecule has 4 nitrogen and oxygen atoms in total. The average Bonchev–Trinajstić information content (AvgIpc) is 2.47. The van der Waals surface area contributed by atoms with Gasteiger partial charge in [-0.1, -0.05) is 29.8 Å². The Kier molecular flexibility index (Phi) is 3.31. The van der Waals surface area contributed by atoms with E-state index in [0.717, 1.165) is 5.56 Å². The van der Waals surface area contributed by atoms with Crippen molar-refractivity contribution < 1.29 is 9.84 Å². The number of hydrogen-bond acceptors (Lipinski definition) is 3. The van der Waals surface area contributed by atoms with Crippen molar-refractivity contribution in [1.29, 1.82) is 0 Å². The molecule has 3 aromatic rings. The van der Waals surface area contributed by atoms with Gasteiger partial charge in [0.25, 0.3) is 5.56 Å². The molecule has 2 N–H and O–H groups in total. The van der Waals surface area contributed by atoms with Crippen LogP contribution in [0.2, 0.25) is 5.02 Å². The molecule has 5 heteroatoms. The molecule has 1 aromatic heterocycles. The molecule has 1 heterocycles. The lowest BCUT2D eigenvalue weighted by molar-refractivity contribution is 0.410. The van der Waals surface area contributed by atoms with Crippen LogP contribution in [0.15, 0.2) is 47.3 Å². The number of aromatic nitrogens is 1. The minimum atomic E-state index is -0.510. The summed E-state index contributed by atoms with van der Waals surface area (Å²) in [7, 11) is 0. The third-order valence-corrected chi connectivity index (χ3v) is 3.59. The number of rotatable bonds is 2. The summed E-state index contributed by atoms with van der Waals surface area (Å²) in [6.45, 7) is 1.82. The smallest absolute Gasteiger partial charge is 0.295 e. The van der Waals surface area contributed by atoms with E-state index in [4.69, 9.17) is 16.3 Å². The fourth-order valence-electron chi connectivity index (χ4n) is 2.09. The number of nitrogens with one attached hydrogen (secondary N) is 1. The zero-order valence-corrected chi connectivity index (χ0v) is 11.9. The van der Waals surface area contributed by atoms with Crippen molar-refractivity contribution in [3.05, 3.63) is 63.4 Å². The summed E-state index contributed by atoms with van der Waals surface area (Å²) in [5, 5.41) is 11.3. The highest BCUT2D eigenvalue weighted by Crippen LogP contribution is 2.35. The second-order valence-electron chi connectivity index (χ2n) is 4.69. The third-order valence-electron chi connectivity index (χ3n) is 3.19. The monoisotopic (exact) mass is 301 g/mol. The summed E-state index contributed by atoms with van der Waals surface area (Å²) in [6, 6.07) is 12.1. The van der Waals surface area contributed by atoms with Crippen molar-refractivity contribution in [1.82, 2.24) is 4.98 Å². The van der Waals surface area contributed by atoms with Crippen LogP contribution >= 0.6 is 11.6 Å². The second-order valence-corrected chi connectivity index (χ2v) is 5.10. The van der Waals surface area contributed by atoms with Gasteiger partial charge < -0.3 is 14.8 Å². The molecule has 0 fully saturated rings. The third kappa shape index (κ3) is 2.45. The van der Waals surface area contributed by atoms with Gasteiger partial charge in [-0.3, -0.25) is 4.79 Å². The van der Waals surface area contributed by atoms with Crippen LogP contribution in [-0.4, -0.2) is 10.1 Å². The molecule has 0 spiro atoms. The Labute approximate surface area is 125 Å². The highest BCUT2D eigenvalue weighted by Gasteiger charge is 2.15. The Morgan fingerprint density at radius 3 is 2.62 bits per heavy atom. The van der Waals surface area contributed by atoms with Crippen molar-refractivity contribution in [2.24, 2.45) is 0 Å². The van der Waals surface area contributed by atoms with Crippen molar-refractivity contribution in [2.45, 2.75) is 6.92 Å². The molecule has 0 saturated heterocycles. The second kappa shape index (κ2) is 5.14. The van der Waals surface area contributed by atoms with E-state index in [-0.39, 0.29) is 11.5 Å². The molecule has 106 valence electrons. The summed E-state index contributed by atoms with van der Waals surface area (Å²) in [5.41, 5.74) is 0.759. The van der Waals surface area contributed by atoms with Gasteiger partial charge in [0.05, 0.1) is 5.52 Å². The largest absolute Gasteiger partial charge is 0.504 e. The molecule has 0 amide bonds. The lowest BCUT2D eigenvalue weighted by atomic mass is 10.1. The zero-order chi connectivity index (χ0) is 15.0. The summed E-state index contributed by atoms with van der Waals surface area (Å²) >= 11 is 6.03. The molecular formula is C16H12ClNO3. The Bertz CT molecular complexity index is 872. The quantitative estimate of drug-likeness (QED) is 0.752. The van der Waals surface area contributed by atoms with Crippen LogP contribution in [0.3, 0.4) is 0 Å². The number of hydrogen-bond donors (Lipinski definition) is 2. The van der Waals surface area contributed by atoms with Crippen LogP contribution in [0.5, 0.6) is 17.2 Å². The summed E-state index contributed by atoms with van der Waals surface area (Å²) in [6.07, 6.45) is 0. The molecule has 3 rings (SSSR count). The Morgan fingerprint density at radius 1 is 1.19 bits per heavy atom. The van der Waals surface area contributed by atoms with E-state index in [1.807, 2.05) is 13.0 Å². The van der Waals surface area contributed by atoms with E-state index in [2.05, 4.69) is 4.98 Å². The first-order valence-electron chi connectivity index (χ1n) is 6.34. The number of pyridine rings is 1. The number of para-hydroxylation sites is 1. The molecule has 0 radical (unpaired) electrons. The Morgan fingerprint density at radius 2 is 1.90 bits per heavy atom. The van der Waals surface area contributed by atoms with Crippen molar-refractivity contribution in [2.75, 3.05) is 0 Å².